The number of pyridine rings is 1. The average molecular weight is 672 g/mol. The topological polar surface area (TPSA) is 93.6 Å². The molecule has 3 aliphatic rings. The zero-order valence-electron chi connectivity index (χ0n) is 23.9. The molecule has 4 aromatic rings. The normalized spacial score (nSPS) is 22.1. The van der Waals surface area contributed by atoms with E-state index in [0.717, 1.165) is 29.3 Å². The lowest BCUT2D eigenvalue weighted by Gasteiger charge is -2.19. The number of Topliss-reactive ketones (excluding diaryl/α,β-unsaturated/α-hetero) is 1. The monoisotopic (exact) mass is 670 g/mol. The zero-order valence-corrected chi connectivity index (χ0v) is 26.2. The van der Waals surface area contributed by atoms with Crippen LogP contribution in [0.15, 0.2) is 71.2 Å². The van der Waals surface area contributed by atoms with Crippen LogP contribution in [0, 0.1) is 23.7 Å². The van der Waals surface area contributed by atoms with Gasteiger partial charge in [-0.15, -0.1) is 0 Å². The first-order valence-electron chi connectivity index (χ1n) is 14.8. The Bertz CT molecular complexity index is 1830. The first-order valence-corrected chi connectivity index (χ1v) is 16.0. The third-order valence-corrected chi connectivity index (χ3v) is 10.1. The Morgan fingerprint density at radius 3 is 2.25 bits per heavy atom. The number of carbonyl (C=O) groups is 4. The molecule has 7 rings (SSSR count). The number of aryl methyl sites for hydroxylation is 1. The average Bonchev–Trinajstić information content (AvgIpc) is 3.72. The molecule has 44 heavy (non-hydrogen) atoms. The first kappa shape index (κ1) is 28.9. The van der Waals surface area contributed by atoms with Crippen LogP contribution in [0.25, 0.3) is 22.2 Å². The van der Waals surface area contributed by atoms with Gasteiger partial charge in [-0.2, -0.15) is 0 Å². The van der Waals surface area contributed by atoms with Crippen molar-refractivity contribution in [3.05, 3.63) is 92.9 Å². The molecule has 2 heterocycles. The maximum absolute atomic E-state index is 13.5. The minimum Gasteiger partial charge on any atom is -0.454 e. The number of ketones is 1. The summed E-state index contributed by atoms with van der Waals surface area (Å²) in [5, 5.41) is 1.11. The van der Waals surface area contributed by atoms with Crippen LogP contribution in [-0.2, 0) is 20.7 Å². The van der Waals surface area contributed by atoms with Crippen molar-refractivity contribution in [1.29, 1.82) is 0 Å². The number of nitrogens with zero attached hydrogens (tertiary/aromatic N) is 2. The van der Waals surface area contributed by atoms with E-state index in [0.29, 0.717) is 56.7 Å². The Morgan fingerprint density at radius 2 is 1.61 bits per heavy atom. The number of aromatic nitrogens is 1. The van der Waals surface area contributed by atoms with Crippen molar-refractivity contribution >= 4 is 67.7 Å². The number of ether oxygens (including phenoxy) is 1. The third kappa shape index (κ3) is 4.85. The molecule has 222 valence electrons. The summed E-state index contributed by atoms with van der Waals surface area (Å²) in [6.45, 7) is 1.59. The Kier molecular flexibility index (Phi) is 7.37. The van der Waals surface area contributed by atoms with Crippen LogP contribution in [-0.4, -0.2) is 35.2 Å². The van der Waals surface area contributed by atoms with E-state index < -0.39 is 12.6 Å². The van der Waals surface area contributed by atoms with Gasteiger partial charge >= 0.3 is 5.97 Å². The molecule has 4 atom stereocenters. The first-order chi connectivity index (χ1) is 21.2. The van der Waals surface area contributed by atoms with Gasteiger partial charge in [0, 0.05) is 26.0 Å². The number of halogens is 2. The van der Waals surface area contributed by atoms with E-state index in [1.54, 1.807) is 42.5 Å². The molecule has 0 spiro atoms. The molecule has 4 unspecified atom stereocenters. The quantitative estimate of drug-likeness (QED) is 0.115. The van der Waals surface area contributed by atoms with Crippen LogP contribution in [0.5, 0.6) is 0 Å². The molecule has 3 aromatic carbocycles. The van der Waals surface area contributed by atoms with E-state index in [1.165, 1.54) is 4.90 Å². The summed E-state index contributed by atoms with van der Waals surface area (Å²) in [6.07, 6.45) is 3.73. The highest BCUT2D eigenvalue weighted by Crippen LogP contribution is 2.56. The Morgan fingerprint density at radius 1 is 0.955 bits per heavy atom. The van der Waals surface area contributed by atoms with Crippen LogP contribution in [0.3, 0.4) is 0 Å². The molecule has 1 aliphatic heterocycles. The third-order valence-electron chi connectivity index (χ3n) is 9.41. The van der Waals surface area contributed by atoms with Crippen LogP contribution >= 0.6 is 27.5 Å². The molecule has 1 saturated heterocycles. The predicted molar refractivity (Wildman–Crippen MR) is 171 cm³/mol. The minimum atomic E-state index is -0.646. The fourth-order valence-electron chi connectivity index (χ4n) is 7.32. The molecule has 2 amide bonds. The number of carbonyl (C=O) groups excluding carboxylic acids is 4. The molecule has 0 N–H and O–H groups in total. The summed E-state index contributed by atoms with van der Waals surface area (Å²) in [5.41, 5.74) is 4.07. The lowest BCUT2D eigenvalue weighted by Crippen LogP contribution is -2.32. The number of esters is 1. The Labute approximate surface area is 267 Å². The van der Waals surface area contributed by atoms with E-state index in [4.69, 9.17) is 21.3 Å². The maximum Gasteiger partial charge on any atom is 0.339 e. The molecule has 1 aromatic heterocycles. The van der Waals surface area contributed by atoms with Gasteiger partial charge in [-0.05, 0) is 97.7 Å². The minimum absolute atomic E-state index is 0.0832. The van der Waals surface area contributed by atoms with Crippen molar-refractivity contribution in [2.24, 2.45) is 23.7 Å². The summed E-state index contributed by atoms with van der Waals surface area (Å²) in [7, 11) is 0. The van der Waals surface area contributed by atoms with Gasteiger partial charge < -0.3 is 4.74 Å². The number of hydrogen-bond acceptors (Lipinski definition) is 6. The highest BCUT2D eigenvalue weighted by atomic mass is 79.9. The maximum atomic E-state index is 13.5. The van der Waals surface area contributed by atoms with E-state index in [9.17, 15) is 19.2 Å². The van der Waals surface area contributed by atoms with E-state index >= 15 is 0 Å². The second-order valence-electron chi connectivity index (χ2n) is 11.8. The number of amides is 2. The second-order valence-corrected chi connectivity index (χ2v) is 13.2. The lowest BCUT2D eigenvalue weighted by atomic mass is 9.81. The molecule has 2 saturated carbocycles. The van der Waals surface area contributed by atoms with Crippen LogP contribution < -0.4 is 4.90 Å². The van der Waals surface area contributed by atoms with Crippen LogP contribution in [0.1, 0.15) is 52.5 Å². The number of imide groups is 1. The number of fused-ring (bicyclic) bond motifs is 6. The van der Waals surface area contributed by atoms with E-state index in [2.05, 4.69) is 15.9 Å². The summed E-state index contributed by atoms with van der Waals surface area (Å²) in [5.74, 6) is -0.889. The number of rotatable bonds is 7. The van der Waals surface area contributed by atoms with Gasteiger partial charge in [-0.1, -0.05) is 46.6 Å². The molecular formula is C35H28BrClN2O5. The van der Waals surface area contributed by atoms with Crippen molar-refractivity contribution in [3.63, 3.8) is 0 Å². The van der Waals surface area contributed by atoms with Gasteiger partial charge in [0.1, 0.15) is 0 Å². The van der Waals surface area contributed by atoms with Crippen molar-refractivity contribution in [1.82, 2.24) is 4.98 Å². The Hall–Kier alpha value is -3.88. The predicted octanol–water partition coefficient (Wildman–Crippen LogP) is 7.46. The standard InChI is InChI=1S/C35H28BrClN2O5/c1-2-18-14-23(36)15-26-27(35(43)44-17-29(40)20-5-9-24(37)10-6-20)16-28(38-32(18)26)19-7-11-25(12-8-19)39-33(41)30-21-3-4-22(13-21)31(30)34(39)42/h5-12,14-16,21-22,30-31H,2-4,13,17H2,1H3. The van der Waals surface area contributed by atoms with Crippen molar-refractivity contribution in [3.8, 4) is 11.3 Å². The fraction of sp³-hybridized carbons (Fsp3) is 0.286. The fourth-order valence-corrected chi connectivity index (χ4v) is 7.95. The number of hydrogen-bond donors (Lipinski definition) is 0. The Balaban J connectivity index is 1.20. The highest BCUT2D eigenvalue weighted by Gasteiger charge is 2.61. The molecule has 3 fully saturated rings. The molecule has 0 radical (unpaired) electrons. The van der Waals surface area contributed by atoms with E-state index in [-0.39, 0.29) is 35.0 Å². The van der Waals surface area contributed by atoms with Crippen molar-refractivity contribution in [2.75, 3.05) is 11.5 Å². The van der Waals surface area contributed by atoms with Gasteiger partial charge in [0.2, 0.25) is 11.8 Å². The zero-order chi connectivity index (χ0) is 30.7. The second kappa shape index (κ2) is 11.2. The lowest BCUT2D eigenvalue weighted by molar-refractivity contribution is -0.123. The van der Waals surface area contributed by atoms with Gasteiger partial charge in [0.25, 0.3) is 0 Å². The highest BCUT2D eigenvalue weighted by molar-refractivity contribution is 9.10. The van der Waals surface area contributed by atoms with Crippen molar-refractivity contribution < 1.29 is 23.9 Å². The van der Waals surface area contributed by atoms with Gasteiger partial charge in [0.15, 0.2) is 12.4 Å². The smallest absolute Gasteiger partial charge is 0.339 e. The molecule has 2 bridgehead atoms. The SMILES string of the molecule is CCc1cc(Br)cc2c(C(=O)OCC(=O)c3ccc(Cl)cc3)cc(-c3ccc(N4C(=O)C5C6CCC(C6)C5C4=O)cc3)nc12. The van der Waals surface area contributed by atoms with E-state index in [1.807, 2.05) is 31.2 Å². The summed E-state index contributed by atoms with van der Waals surface area (Å²) in [6, 6.07) is 19.0. The van der Waals surface area contributed by atoms with Gasteiger partial charge in [0.05, 0.1) is 34.3 Å². The van der Waals surface area contributed by atoms with Crippen molar-refractivity contribution in [2.45, 2.75) is 32.6 Å². The largest absolute Gasteiger partial charge is 0.454 e. The molecule has 9 heteroatoms. The molecular weight excluding hydrogens is 644 g/mol. The van der Waals surface area contributed by atoms with Gasteiger partial charge in [-0.3, -0.25) is 19.3 Å². The molecule has 2 aliphatic carbocycles. The van der Waals surface area contributed by atoms with Crippen LogP contribution in [0.4, 0.5) is 5.69 Å². The summed E-state index contributed by atoms with van der Waals surface area (Å²) in [4.78, 5) is 59.1. The summed E-state index contributed by atoms with van der Waals surface area (Å²) >= 11 is 9.47. The van der Waals surface area contributed by atoms with Gasteiger partial charge in [-0.25, -0.2) is 9.78 Å². The molecule has 7 nitrogen and oxygen atoms in total. The number of anilines is 1. The summed E-state index contributed by atoms with van der Waals surface area (Å²) < 4.78 is 6.31. The number of benzene rings is 3. The van der Waals surface area contributed by atoms with Crippen LogP contribution in [0.2, 0.25) is 5.02 Å².